The number of rotatable bonds is 3. The van der Waals surface area contributed by atoms with Crippen molar-refractivity contribution < 1.29 is 9.53 Å². The molecule has 0 aromatic heterocycles. The molecule has 0 amide bonds. The van der Waals surface area contributed by atoms with Crippen LogP contribution in [0.25, 0.3) is 0 Å². The number of piperidine rings is 1. The molecule has 0 N–H and O–H groups in total. The second-order valence-electron chi connectivity index (χ2n) is 5.61. The van der Waals surface area contributed by atoms with Crippen molar-refractivity contribution >= 4 is 5.97 Å². The van der Waals surface area contributed by atoms with Gasteiger partial charge in [0, 0.05) is 13.1 Å². The van der Waals surface area contributed by atoms with E-state index in [2.05, 4.69) is 32.6 Å². The molecule has 94 valence electrons. The Morgan fingerprint density at radius 1 is 1.25 bits per heavy atom. The molecule has 0 saturated carbocycles. The van der Waals surface area contributed by atoms with E-state index in [1.54, 1.807) is 0 Å². The Labute approximate surface area is 99.1 Å². The molecule has 3 heteroatoms. The lowest BCUT2D eigenvalue weighted by molar-refractivity contribution is -0.150. The first-order chi connectivity index (χ1) is 7.45. The van der Waals surface area contributed by atoms with Gasteiger partial charge >= 0.3 is 5.97 Å². The highest BCUT2D eigenvalue weighted by molar-refractivity contribution is 5.76. The number of carbonyl (C=O) groups is 1. The fourth-order valence-electron chi connectivity index (χ4n) is 2.90. The van der Waals surface area contributed by atoms with Crippen LogP contribution < -0.4 is 0 Å². The van der Waals surface area contributed by atoms with Crippen molar-refractivity contribution in [1.29, 1.82) is 0 Å². The molecule has 1 aliphatic rings. The Kier molecular flexibility index (Phi) is 4.78. The fraction of sp³-hybridized carbons (Fsp3) is 0.923. The summed E-state index contributed by atoms with van der Waals surface area (Å²) in [5.41, 5.74) is 0. The van der Waals surface area contributed by atoms with Gasteiger partial charge in [-0.2, -0.15) is 0 Å². The van der Waals surface area contributed by atoms with E-state index in [1.807, 2.05) is 0 Å². The largest absolute Gasteiger partial charge is 0.468 e. The third-order valence-electron chi connectivity index (χ3n) is 3.36. The predicted octanol–water partition coefficient (Wildman–Crippen LogP) is 2.16. The normalized spacial score (nSPS) is 29.1. The minimum Gasteiger partial charge on any atom is -0.468 e. The van der Waals surface area contributed by atoms with Gasteiger partial charge in [-0.1, -0.05) is 27.7 Å². The molecule has 1 fully saturated rings. The van der Waals surface area contributed by atoms with Crippen LogP contribution in [0.2, 0.25) is 0 Å². The van der Waals surface area contributed by atoms with Crippen LogP contribution in [0.15, 0.2) is 0 Å². The lowest BCUT2D eigenvalue weighted by atomic mass is 9.89. The first-order valence-electron chi connectivity index (χ1n) is 6.27. The van der Waals surface area contributed by atoms with Gasteiger partial charge in [-0.15, -0.1) is 0 Å². The lowest BCUT2D eigenvalue weighted by Crippen LogP contribution is -2.51. The first kappa shape index (κ1) is 13.5. The second-order valence-corrected chi connectivity index (χ2v) is 5.61. The molecule has 1 heterocycles. The quantitative estimate of drug-likeness (QED) is 0.692. The molecule has 1 saturated heterocycles. The third-order valence-corrected chi connectivity index (χ3v) is 3.36. The predicted molar refractivity (Wildman–Crippen MR) is 65.2 cm³/mol. The molecule has 0 aromatic carbocycles. The summed E-state index contributed by atoms with van der Waals surface area (Å²) in [5, 5.41) is 0. The van der Waals surface area contributed by atoms with Crippen LogP contribution >= 0.6 is 0 Å². The zero-order chi connectivity index (χ0) is 12.3. The van der Waals surface area contributed by atoms with Crippen LogP contribution in [0.3, 0.4) is 0 Å². The molecule has 16 heavy (non-hydrogen) atoms. The Morgan fingerprint density at radius 3 is 2.12 bits per heavy atom. The van der Waals surface area contributed by atoms with Crippen molar-refractivity contribution in [3.63, 3.8) is 0 Å². The van der Waals surface area contributed by atoms with Crippen LogP contribution in [-0.4, -0.2) is 37.1 Å². The van der Waals surface area contributed by atoms with Gasteiger partial charge < -0.3 is 4.74 Å². The molecule has 1 rings (SSSR count). The number of ether oxygens (including phenoxy) is 1. The number of likely N-dealkylation sites (tertiary alicyclic amines) is 1. The van der Waals surface area contributed by atoms with Gasteiger partial charge in [-0.25, -0.2) is 0 Å². The molecule has 0 aliphatic carbocycles. The highest BCUT2D eigenvalue weighted by Crippen LogP contribution is 2.25. The molecular weight excluding hydrogens is 202 g/mol. The van der Waals surface area contributed by atoms with E-state index in [4.69, 9.17) is 4.74 Å². The summed E-state index contributed by atoms with van der Waals surface area (Å²) >= 11 is 0. The van der Waals surface area contributed by atoms with Crippen LogP contribution in [0.4, 0.5) is 0 Å². The average molecular weight is 227 g/mol. The standard InChI is InChI=1S/C13H25NO2/c1-9(2)12(13(15)16-5)14-7-10(3)6-11(4)8-14/h9-12H,6-8H2,1-5H3/t10-,11-,12-/m0/s1. The average Bonchev–Trinajstić information content (AvgIpc) is 2.15. The zero-order valence-corrected chi connectivity index (χ0v) is 11.2. The Balaban J connectivity index is 2.74. The number of esters is 1. The van der Waals surface area contributed by atoms with Crippen LogP contribution in [0, 0.1) is 17.8 Å². The molecule has 1 aliphatic heterocycles. The molecule has 3 nitrogen and oxygen atoms in total. The SMILES string of the molecule is COC(=O)[C@H](C(C)C)N1C[C@@H](C)C[C@H](C)C1. The molecule has 0 radical (unpaired) electrons. The number of carbonyl (C=O) groups excluding carboxylic acids is 1. The summed E-state index contributed by atoms with van der Waals surface area (Å²) in [6, 6.07) is -0.0739. The van der Waals surface area contributed by atoms with Crippen molar-refractivity contribution in [2.75, 3.05) is 20.2 Å². The van der Waals surface area contributed by atoms with Gasteiger partial charge in [0.15, 0.2) is 0 Å². The molecule has 0 spiro atoms. The number of nitrogens with zero attached hydrogens (tertiary/aromatic N) is 1. The van der Waals surface area contributed by atoms with Crippen molar-refractivity contribution in [1.82, 2.24) is 4.90 Å². The highest BCUT2D eigenvalue weighted by atomic mass is 16.5. The summed E-state index contributed by atoms with van der Waals surface area (Å²) in [4.78, 5) is 14.1. The van der Waals surface area contributed by atoms with Gasteiger partial charge in [0.1, 0.15) is 6.04 Å². The Hall–Kier alpha value is -0.570. The maximum absolute atomic E-state index is 11.8. The summed E-state index contributed by atoms with van der Waals surface area (Å²) in [6.45, 7) is 10.7. The minimum absolute atomic E-state index is 0.0739. The second kappa shape index (κ2) is 5.67. The van der Waals surface area contributed by atoms with Crippen molar-refractivity contribution in [3.8, 4) is 0 Å². The molecular formula is C13H25NO2. The van der Waals surface area contributed by atoms with Crippen molar-refractivity contribution in [2.24, 2.45) is 17.8 Å². The van der Waals surface area contributed by atoms with Gasteiger partial charge in [0.2, 0.25) is 0 Å². The van der Waals surface area contributed by atoms with E-state index in [9.17, 15) is 4.79 Å². The van der Waals surface area contributed by atoms with Gasteiger partial charge in [0.05, 0.1) is 7.11 Å². The van der Waals surface area contributed by atoms with Crippen LogP contribution in [-0.2, 0) is 9.53 Å². The molecule has 3 atom stereocenters. The maximum Gasteiger partial charge on any atom is 0.323 e. The molecule has 0 unspecified atom stereocenters. The number of hydrogen-bond acceptors (Lipinski definition) is 3. The Bertz CT molecular complexity index is 230. The minimum atomic E-state index is -0.0868. The topological polar surface area (TPSA) is 29.5 Å². The van der Waals surface area contributed by atoms with Crippen molar-refractivity contribution in [3.05, 3.63) is 0 Å². The highest BCUT2D eigenvalue weighted by Gasteiger charge is 2.34. The number of methoxy groups -OCH3 is 1. The summed E-state index contributed by atoms with van der Waals surface area (Å²) in [5.74, 6) is 1.57. The van der Waals surface area contributed by atoms with E-state index >= 15 is 0 Å². The summed E-state index contributed by atoms with van der Waals surface area (Å²) in [7, 11) is 1.48. The lowest BCUT2D eigenvalue weighted by Gasteiger charge is -2.40. The monoisotopic (exact) mass is 227 g/mol. The smallest absolute Gasteiger partial charge is 0.323 e. The molecule has 0 bridgehead atoms. The third kappa shape index (κ3) is 3.21. The Morgan fingerprint density at radius 2 is 1.75 bits per heavy atom. The van der Waals surface area contributed by atoms with Gasteiger partial charge in [-0.3, -0.25) is 9.69 Å². The van der Waals surface area contributed by atoms with Crippen LogP contribution in [0.1, 0.15) is 34.1 Å². The zero-order valence-electron chi connectivity index (χ0n) is 11.2. The van der Waals surface area contributed by atoms with E-state index in [1.165, 1.54) is 13.5 Å². The van der Waals surface area contributed by atoms with Crippen LogP contribution in [0.5, 0.6) is 0 Å². The van der Waals surface area contributed by atoms with Gasteiger partial charge in [-0.05, 0) is 24.2 Å². The van der Waals surface area contributed by atoms with E-state index < -0.39 is 0 Å². The first-order valence-corrected chi connectivity index (χ1v) is 6.27. The van der Waals surface area contributed by atoms with E-state index in [-0.39, 0.29) is 12.0 Å². The molecule has 0 aromatic rings. The summed E-state index contributed by atoms with van der Waals surface area (Å²) < 4.78 is 4.92. The van der Waals surface area contributed by atoms with Crippen molar-refractivity contribution in [2.45, 2.75) is 40.2 Å². The van der Waals surface area contributed by atoms with E-state index in [0.717, 1.165) is 13.1 Å². The van der Waals surface area contributed by atoms with E-state index in [0.29, 0.717) is 17.8 Å². The fourth-order valence-corrected chi connectivity index (χ4v) is 2.90. The number of hydrogen-bond donors (Lipinski definition) is 0. The maximum atomic E-state index is 11.8. The summed E-state index contributed by atoms with van der Waals surface area (Å²) in [6.07, 6.45) is 1.27. The van der Waals surface area contributed by atoms with Gasteiger partial charge in [0.25, 0.3) is 0 Å².